The molecule has 6 rings (SSSR count). The number of nitrogens with zero attached hydrogens (tertiary/aromatic N) is 3. The Hall–Kier alpha value is -1.99. The van der Waals surface area contributed by atoms with Gasteiger partial charge in [0.05, 0.1) is 23.5 Å². The van der Waals surface area contributed by atoms with Crippen molar-refractivity contribution in [2.24, 2.45) is 10.6 Å². The molecule has 7 nitrogen and oxygen atoms in total. The van der Waals surface area contributed by atoms with Crippen LogP contribution in [0.15, 0.2) is 11.2 Å². The first-order valence-corrected chi connectivity index (χ1v) is 13.6. The van der Waals surface area contributed by atoms with E-state index in [2.05, 4.69) is 21.0 Å². The predicted molar refractivity (Wildman–Crippen MR) is 134 cm³/mol. The number of oxime groups is 1. The number of carbonyl (C=O) groups is 1. The molecule has 35 heavy (non-hydrogen) atoms. The zero-order valence-corrected chi connectivity index (χ0v) is 21.6. The normalized spacial score (nSPS) is 25.2. The Kier molecular flexibility index (Phi) is 5.72. The molecule has 8 heteroatoms. The van der Waals surface area contributed by atoms with Crippen LogP contribution in [0.3, 0.4) is 0 Å². The summed E-state index contributed by atoms with van der Waals surface area (Å²) in [5.74, 6) is 2.43. The molecule has 0 bridgehead atoms. The number of likely N-dealkylation sites (tertiary alicyclic amines) is 2. The molecule has 1 aromatic rings. The molecule has 1 aromatic carbocycles. The molecule has 5 aliphatic rings. The summed E-state index contributed by atoms with van der Waals surface area (Å²) in [5.41, 5.74) is 3.13. The van der Waals surface area contributed by atoms with Gasteiger partial charge in [-0.05, 0) is 75.3 Å². The van der Waals surface area contributed by atoms with Crippen LogP contribution < -0.4 is 4.74 Å². The van der Waals surface area contributed by atoms with Crippen LogP contribution in [0.5, 0.6) is 5.75 Å². The van der Waals surface area contributed by atoms with Crippen LogP contribution in [0.25, 0.3) is 0 Å². The molecule has 2 saturated heterocycles. The van der Waals surface area contributed by atoms with Crippen LogP contribution in [0.4, 0.5) is 0 Å². The quantitative estimate of drug-likeness (QED) is 0.568. The highest BCUT2D eigenvalue weighted by Crippen LogP contribution is 2.54. The average Bonchev–Trinajstić information content (AvgIpc) is 3.74. The maximum Gasteiger partial charge on any atom is 0.309 e. The van der Waals surface area contributed by atoms with E-state index < -0.39 is 11.4 Å². The van der Waals surface area contributed by atoms with E-state index in [9.17, 15) is 9.90 Å². The molecule has 0 aromatic heterocycles. The van der Waals surface area contributed by atoms with Crippen molar-refractivity contribution in [3.63, 3.8) is 0 Å². The monoisotopic (exact) mass is 501 g/mol. The minimum Gasteiger partial charge on any atom is -0.492 e. The molecule has 1 spiro atoms. The van der Waals surface area contributed by atoms with E-state index in [0.717, 1.165) is 55.8 Å². The van der Waals surface area contributed by atoms with Gasteiger partial charge in [-0.3, -0.25) is 9.69 Å². The molecule has 2 saturated carbocycles. The van der Waals surface area contributed by atoms with Crippen molar-refractivity contribution in [1.82, 2.24) is 9.80 Å². The minimum atomic E-state index is -0.700. The lowest BCUT2D eigenvalue weighted by Crippen LogP contribution is -2.61. The Bertz CT molecular complexity index is 1050. The van der Waals surface area contributed by atoms with Gasteiger partial charge in [0.25, 0.3) is 0 Å². The van der Waals surface area contributed by atoms with Crippen molar-refractivity contribution in [2.75, 3.05) is 32.8 Å². The first-order valence-electron chi connectivity index (χ1n) is 13.2. The number of rotatable bonds is 7. The number of aliphatic carboxylic acids is 1. The van der Waals surface area contributed by atoms with Gasteiger partial charge in [0.1, 0.15) is 11.6 Å². The first kappa shape index (κ1) is 23.4. The van der Waals surface area contributed by atoms with E-state index in [-0.39, 0.29) is 5.60 Å². The van der Waals surface area contributed by atoms with E-state index in [4.69, 9.17) is 21.2 Å². The second-order valence-electron chi connectivity index (χ2n) is 11.6. The van der Waals surface area contributed by atoms with Crippen molar-refractivity contribution >= 4 is 23.4 Å². The predicted octanol–water partition coefficient (Wildman–Crippen LogP) is 4.97. The molecular weight excluding hydrogens is 466 g/mol. The minimum absolute atomic E-state index is 0.258. The molecule has 3 heterocycles. The highest BCUT2D eigenvalue weighted by Gasteiger charge is 2.51. The van der Waals surface area contributed by atoms with Gasteiger partial charge in [-0.2, -0.15) is 0 Å². The van der Waals surface area contributed by atoms with E-state index in [0.29, 0.717) is 31.3 Å². The first-order chi connectivity index (χ1) is 16.8. The number of hydrogen-bond acceptors (Lipinski definition) is 6. The zero-order chi connectivity index (χ0) is 24.4. The summed E-state index contributed by atoms with van der Waals surface area (Å²) >= 11 is 6.99. The van der Waals surface area contributed by atoms with E-state index in [1.807, 2.05) is 13.8 Å². The number of amidine groups is 1. The zero-order valence-electron chi connectivity index (χ0n) is 20.8. The molecule has 0 radical (unpaired) electrons. The maximum atomic E-state index is 11.6. The fraction of sp³-hybridized carbons (Fsp3) is 0.704. The number of benzene rings is 1. The summed E-state index contributed by atoms with van der Waals surface area (Å²) in [5, 5.41) is 14.8. The Balaban J connectivity index is 1.10. The SMILES string of the molecule is CCOc1c(CN2CC3(CC(N4CCC(C)(C(=O)O)CC4)=NO3)C2)cc(C2CC2)c(C2CC2)c1Cl. The van der Waals surface area contributed by atoms with Crippen molar-refractivity contribution in [1.29, 1.82) is 0 Å². The van der Waals surface area contributed by atoms with Crippen LogP contribution in [0.1, 0.15) is 87.3 Å². The molecule has 1 N–H and O–H groups in total. The fourth-order valence-corrected chi connectivity index (χ4v) is 6.53. The van der Waals surface area contributed by atoms with Crippen LogP contribution >= 0.6 is 11.6 Å². The molecular formula is C27H36ClN3O4. The molecule has 0 atom stereocenters. The number of ether oxygens (including phenoxy) is 1. The lowest BCUT2D eigenvalue weighted by atomic mass is 9.80. The van der Waals surface area contributed by atoms with Gasteiger partial charge in [-0.25, -0.2) is 0 Å². The van der Waals surface area contributed by atoms with Gasteiger partial charge in [-0.15, -0.1) is 0 Å². The van der Waals surface area contributed by atoms with Crippen LogP contribution in [0, 0.1) is 5.41 Å². The molecule has 4 fully saturated rings. The van der Waals surface area contributed by atoms with Crippen LogP contribution in [0.2, 0.25) is 5.02 Å². The van der Waals surface area contributed by atoms with E-state index >= 15 is 0 Å². The van der Waals surface area contributed by atoms with Gasteiger partial charge in [0.2, 0.25) is 0 Å². The average molecular weight is 502 g/mol. The third-order valence-corrected chi connectivity index (χ3v) is 9.03. The highest BCUT2D eigenvalue weighted by molar-refractivity contribution is 6.33. The Morgan fingerprint density at radius 3 is 2.51 bits per heavy atom. The standard InChI is InChI=1S/C27H36ClN3O4/c1-3-34-24-19(12-20(17-4-5-17)22(23(24)28)18-6-7-18)14-30-15-27(16-30)13-21(29-35-27)31-10-8-26(2,9-11-31)25(32)33/h12,17-18H,3-11,13-16H2,1-2H3,(H,32,33). The van der Waals surface area contributed by atoms with Crippen molar-refractivity contribution in [2.45, 2.75) is 82.8 Å². The van der Waals surface area contributed by atoms with Gasteiger partial charge in [0.15, 0.2) is 5.60 Å². The smallest absolute Gasteiger partial charge is 0.309 e. The number of carboxylic acids is 1. The van der Waals surface area contributed by atoms with E-state index in [1.165, 1.54) is 42.4 Å². The molecule has 2 aliphatic carbocycles. The van der Waals surface area contributed by atoms with Gasteiger partial charge in [-0.1, -0.05) is 22.8 Å². The lowest BCUT2D eigenvalue weighted by Gasteiger charge is -2.46. The molecule has 0 amide bonds. The second-order valence-corrected chi connectivity index (χ2v) is 12.0. The molecule has 3 aliphatic heterocycles. The lowest BCUT2D eigenvalue weighted by molar-refractivity contribution is -0.150. The topological polar surface area (TPSA) is 74.6 Å². The number of piperidine rings is 1. The Morgan fingerprint density at radius 1 is 1.23 bits per heavy atom. The van der Waals surface area contributed by atoms with Crippen molar-refractivity contribution in [3.05, 3.63) is 27.8 Å². The highest BCUT2D eigenvalue weighted by atomic mass is 35.5. The second kappa shape index (κ2) is 8.55. The largest absolute Gasteiger partial charge is 0.492 e. The Morgan fingerprint density at radius 2 is 1.91 bits per heavy atom. The summed E-state index contributed by atoms with van der Waals surface area (Å²) in [6, 6.07) is 2.39. The summed E-state index contributed by atoms with van der Waals surface area (Å²) < 4.78 is 6.10. The number of halogens is 1. The van der Waals surface area contributed by atoms with Gasteiger partial charge >= 0.3 is 5.97 Å². The van der Waals surface area contributed by atoms with Gasteiger partial charge < -0.3 is 19.6 Å². The van der Waals surface area contributed by atoms with Crippen molar-refractivity contribution < 1.29 is 19.5 Å². The fourth-order valence-electron chi connectivity index (χ4n) is 6.09. The molecule has 190 valence electrons. The molecule has 0 unspecified atom stereocenters. The summed E-state index contributed by atoms with van der Waals surface area (Å²) in [6.45, 7) is 8.38. The van der Waals surface area contributed by atoms with E-state index in [1.54, 1.807) is 0 Å². The van der Waals surface area contributed by atoms with Crippen molar-refractivity contribution in [3.8, 4) is 5.75 Å². The third-order valence-electron chi connectivity index (χ3n) is 8.65. The third kappa shape index (κ3) is 4.29. The van der Waals surface area contributed by atoms with Crippen LogP contribution in [-0.2, 0) is 16.2 Å². The summed E-state index contributed by atoms with van der Waals surface area (Å²) in [4.78, 5) is 22.1. The van der Waals surface area contributed by atoms with Crippen LogP contribution in [-0.4, -0.2) is 65.1 Å². The number of carboxylic acid groups (broad SMARTS) is 1. The number of hydrogen-bond donors (Lipinski definition) is 1. The van der Waals surface area contributed by atoms with Gasteiger partial charge in [0, 0.05) is 38.3 Å². The summed E-state index contributed by atoms with van der Waals surface area (Å²) in [7, 11) is 0. The Labute approximate surface area is 212 Å². The maximum absolute atomic E-state index is 11.6. The summed E-state index contributed by atoms with van der Waals surface area (Å²) in [6.07, 6.45) is 7.10.